The third-order valence-electron chi connectivity index (χ3n) is 5.04. The zero-order valence-electron chi connectivity index (χ0n) is 13.9. The Bertz CT molecular complexity index is 459. The van der Waals surface area contributed by atoms with Gasteiger partial charge in [-0.1, -0.05) is 40.9 Å². The van der Waals surface area contributed by atoms with Crippen LogP contribution in [0.3, 0.4) is 0 Å². The maximum atomic E-state index is 6.30. The minimum atomic E-state index is 0.423. The van der Waals surface area contributed by atoms with Crippen molar-refractivity contribution < 1.29 is 9.47 Å². The molecule has 3 nitrogen and oxygen atoms in total. The summed E-state index contributed by atoms with van der Waals surface area (Å²) in [5, 5.41) is 0. The first-order valence-corrected chi connectivity index (χ1v) is 9.80. The number of hydrogen-bond acceptors (Lipinski definition) is 3. The van der Waals surface area contributed by atoms with Crippen molar-refractivity contribution in [3.05, 3.63) is 34.3 Å². The number of nitrogens with zero attached hydrogens (tertiary/aromatic N) is 1. The highest BCUT2D eigenvalue weighted by Gasteiger charge is 2.31. The molecule has 1 heterocycles. The van der Waals surface area contributed by atoms with Crippen molar-refractivity contribution in [2.24, 2.45) is 0 Å². The van der Waals surface area contributed by atoms with Crippen LogP contribution in [-0.4, -0.2) is 50.0 Å². The fraction of sp³-hybridized carbons (Fsp3) is 0.684. The molecule has 0 bridgehead atoms. The molecule has 3 rings (SSSR count). The van der Waals surface area contributed by atoms with Gasteiger partial charge in [0.15, 0.2) is 0 Å². The summed E-state index contributed by atoms with van der Waals surface area (Å²) in [5.41, 5.74) is 1.39. The molecule has 0 aromatic heterocycles. The Morgan fingerprint density at radius 2 is 1.83 bits per heavy atom. The van der Waals surface area contributed by atoms with Crippen molar-refractivity contribution in [3.8, 4) is 0 Å². The van der Waals surface area contributed by atoms with Gasteiger partial charge in [0.05, 0.1) is 19.3 Å². The summed E-state index contributed by atoms with van der Waals surface area (Å²) in [4.78, 5) is 2.60. The molecule has 1 aliphatic carbocycles. The molecule has 1 saturated heterocycles. The molecule has 0 radical (unpaired) electrons. The number of hydrogen-bond donors (Lipinski definition) is 0. The van der Waals surface area contributed by atoms with Crippen molar-refractivity contribution in [1.29, 1.82) is 0 Å². The first-order valence-electron chi connectivity index (χ1n) is 9.01. The molecule has 0 spiro atoms. The van der Waals surface area contributed by atoms with Crippen LogP contribution in [0.4, 0.5) is 0 Å². The molecule has 4 heteroatoms. The van der Waals surface area contributed by atoms with E-state index in [4.69, 9.17) is 9.47 Å². The first-order chi connectivity index (χ1) is 11.3. The molecule has 0 unspecified atom stereocenters. The van der Waals surface area contributed by atoms with Gasteiger partial charge in [-0.15, -0.1) is 0 Å². The Balaban J connectivity index is 1.42. The van der Waals surface area contributed by atoms with E-state index in [0.717, 1.165) is 50.2 Å². The van der Waals surface area contributed by atoms with E-state index in [2.05, 4.69) is 45.1 Å². The second-order valence-electron chi connectivity index (χ2n) is 6.64. The quantitative estimate of drug-likeness (QED) is 0.693. The van der Waals surface area contributed by atoms with E-state index in [-0.39, 0.29) is 0 Å². The van der Waals surface area contributed by atoms with Crippen LogP contribution < -0.4 is 0 Å². The standard InChI is InChI=1S/C19H28BrNO2/c20-17-9-7-16(8-10-17)4-3-13-23-19-6-2-1-5-18(19)21-11-14-22-15-12-21/h7-10,18-19H,1-6,11-15H2/t18-,19-/m0/s1. The van der Waals surface area contributed by atoms with Crippen molar-refractivity contribution in [1.82, 2.24) is 4.90 Å². The molecule has 23 heavy (non-hydrogen) atoms. The molecule has 1 aromatic carbocycles. The first kappa shape index (κ1) is 17.4. The van der Waals surface area contributed by atoms with Crippen molar-refractivity contribution in [2.75, 3.05) is 32.9 Å². The lowest BCUT2D eigenvalue weighted by atomic mass is 9.91. The van der Waals surface area contributed by atoms with Gasteiger partial charge in [0.25, 0.3) is 0 Å². The summed E-state index contributed by atoms with van der Waals surface area (Å²) >= 11 is 3.49. The molecule has 1 aliphatic heterocycles. The largest absolute Gasteiger partial charge is 0.379 e. The van der Waals surface area contributed by atoms with Gasteiger partial charge in [0.2, 0.25) is 0 Å². The van der Waals surface area contributed by atoms with Gasteiger partial charge >= 0.3 is 0 Å². The topological polar surface area (TPSA) is 21.7 Å². The minimum Gasteiger partial charge on any atom is -0.379 e. The highest BCUT2D eigenvalue weighted by molar-refractivity contribution is 9.10. The number of halogens is 1. The molecule has 128 valence electrons. The van der Waals surface area contributed by atoms with Crippen LogP contribution in [0.25, 0.3) is 0 Å². The fourth-order valence-corrected chi connectivity index (χ4v) is 4.02. The second-order valence-corrected chi connectivity index (χ2v) is 7.56. The smallest absolute Gasteiger partial charge is 0.0730 e. The van der Waals surface area contributed by atoms with Crippen LogP contribution in [0, 0.1) is 0 Å². The summed E-state index contributed by atoms with van der Waals surface area (Å²) in [6, 6.07) is 9.24. The van der Waals surface area contributed by atoms with Crippen LogP contribution in [0.2, 0.25) is 0 Å². The molecule has 1 aromatic rings. The van der Waals surface area contributed by atoms with E-state index in [0.29, 0.717) is 12.1 Å². The monoisotopic (exact) mass is 381 g/mol. The third kappa shape index (κ3) is 5.28. The maximum Gasteiger partial charge on any atom is 0.0730 e. The zero-order valence-corrected chi connectivity index (χ0v) is 15.5. The van der Waals surface area contributed by atoms with Gasteiger partial charge in [0, 0.05) is 30.2 Å². The zero-order chi connectivity index (χ0) is 15.9. The van der Waals surface area contributed by atoms with E-state index in [9.17, 15) is 0 Å². The molecule has 0 amide bonds. The molecule has 2 fully saturated rings. The number of morpholine rings is 1. The van der Waals surface area contributed by atoms with E-state index in [1.807, 2.05) is 0 Å². The molecular formula is C19H28BrNO2. The summed E-state index contributed by atoms with van der Waals surface area (Å²) < 4.78 is 12.9. The second kappa shape index (κ2) is 9.16. The van der Waals surface area contributed by atoms with Gasteiger partial charge in [0.1, 0.15) is 0 Å². The number of aryl methyl sites for hydroxylation is 1. The lowest BCUT2D eigenvalue weighted by molar-refractivity contribution is -0.0657. The number of benzene rings is 1. The van der Waals surface area contributed by atoms with Gasteiger partial charge in [-0.05, 0) is 43.4 Å². The predicted octanol–water partition coefficient (Wildman–Crippen LogP) is 4.04. The highest BCUT2D eigenvalue weighted by Crippen LogP contribution is 2.26. The van der Waals surface area contributed by atoms with Crippen molar-refractivity contribution >= 4 is 15.9 Å². The Morgan fingerprint density at radius 3 is 2.61 bits per heavy atom. The number of rotatable bonds is 6. The average molecular weight is 382 g/mol. The molecule has 2 atom stereocenters. The third-order valence-corrected chi connectivity index (χ3v) is 5.57. The van der Waals surface area contributed by atoms with Crippen LogP contribution in [0.1, 0.15) is 37.7 Å². The van der Waals surface area contributed by atoms with Crippen LogP contribution in [-0.2, 0) is 15.9 Å². The molecule has 0 N–H and O–H groups in total. The Labute approximate surface area is 148 Å². The van der Waals surface area contributed by atoms with Crippen LogP contribution in [0.5, 0.6) is 0 Å². The van der Waals surface area contributed by atoms with Gasteiger partial charge in [-0.25, -0.2) is 0 Å². The van der Waals surface area contributed by atoms with E-state index >= 15 is 0 Å². The predicted molar refractivity (Wildman–Crippen MR) is 96.9 cm³/mol. The van der Waals surface area contributed by atoms with Gasteiger partial charge in [-0.2, -0.15) is 0 Å². The van der Waals surface area contributed by atoms with Gasteiger partial charge in [-0.3, -0.25) is 4.90 Å². The molecular weight excluding hydrogens is 354 g/mol. The Hall–Kier alpha value is -0.420. The maximum absolute atomic E-state index is 6.30. The van der Waals surface area contributed by atoms with E-state index in [1.54, 1.807) is 0 Å². The highest BCUT2D eigenvalue weighted by atomic mass is 79.9. The summed E-state index contributed by atoms with van der Waals surface area (Å²) in [7, 11) is 0. The summed E-state index contributed by atoms with van der Waals surface area (Å²) in [5.74, 6) is 0. The normalized spacial score (nSPS) is 26.3. The SMILES string of the molecule is Brc1ccc(CCCO[C@H]2CCCC[C@@H]2N2CCOCC2)cc1. The molecule has 2 aliphatic rings. The van der Waals surface area contributed by atoms with Crippen LogP contribution in [0.15, 0.2) is 28.7 Å². The lowest BCUT2D eigenvalue weighted by Gasteiger charge is -2.41. The minimum absolute atomic E-state index is 0.423. The van der Waals surface area contributed by atoms with E-state index < -0.39 is 0 Å². The average Bonchev–Trinajstić information content (AvgIpc) is 2.61. The number of ether oxygens (including phenoxy) is 2. The Morgan fingerprint density at radius 1 is 1.09 bits per heavy atom. The van der Waals surface area contributed by atoms with Crippen molar-refractivity contribution in [3.63, 3.8) is 0 Å². The van der Waals surface area contributed by atoms with Crippen molar-refractivity contribution in [2.45, 2.75) is 50.7 Å². The Kier molecular flexibility index (Phi) is 6.94. The lowest BCUT2D eigenvalue weighted by Crippen LogP contribution is -2.51. The fourth-order valence-electron chi connectivity index (χ4n) is 3.76. The summed E-state index contributed by atoms with van der Waals surface area (Å²) in [6.45, 7) is 4.79. The molecule has 1 saturated carbocycles. The van der Waals surface area contributed by atoms with E-state index in [1.165, 1.54) is 31.2 Å². The van der Waals surface area contributed by atoms with Crippen LogP contribution >= 0.6 is 15.9 Å². The summed E-state index contributed by atoms with van der Waals surface area (Å²) in [6.07, 6.45) is 7.80. The van der Waals surface area contributed by atoms with Gasteiger partial charge < -0.3 is 9.47 Å².